The monoisotopic (exact) mass is 467 g/mol. The first kappa shape index (κ1) is 22.8. The number of halogens is 1. The summed E-state index contributed by atoms with van der Waals surface area (Å²) in [5.74, 6) is 2.28. The van der Waals surface area contributed by atoms with Gasteiger partial charge in [0, 0.05) is 19.2 Å². The lowest BCUT2D eigenvalue weighted by molar-refractivity contribution is -0.142. The summed E-state index contributed by atoms with van der Waals surface area (Å²) < 4.78 is 27.1. The lowest BCUT2D eigenvalue weighted by Crippen LogP contribution is -2.30. The van der Waals surface area contributed by atoms with Crippen LogP contribution in [0.5, 0.6) is 23.0 Å². The van der Waals surface area contributed by atoms with Gasteiger partial charge in [0.05, 0.1) is 46.6 Å². The molecule has 2 aromatic rings. The Hall–Kier alpha value is -2.45. The summed E-state index contributed by atoms with van der Waals surface area (Å²) in [6.45, 7) is 1.09. The fourth-order valence-corrected chi connectivity index (χ4v) is 3.54. The average Bonchev–Trinajstić information content (AvgIpc) is 2.74. The summed E-state index contributed by atoms with van der Waals surface area (Å²) >= 11 is 3.59. The van der Waals surface area contributed by atoms with Gasteiger partial charge in [-0.3, -0.25) is 9.69 Å². The van der Waals surface area contributed by atoms with E-state index < -0.39 is 0 Å². The van der Waals surface area contributed by atoms with Gasteiger partial charge >= 0.3 is 5.97 Å². The number of nitrogens with zero attached hydrogens (tertiary/aromatic N) is 1. The third-order valence-electron chi connectivity index (χ3n) is 4.36. The van der Waals surface area contributed by atoms with Crippen molar-refractivity contribution in [2.24, 2.45) is 0 Å². The molecule has 2 rings (SSSR count). The number of hydrogen-bond donors (Lipinski definition) is 0. The Morgan fingerprint density at radius 1 is 0.897 bits per heavy atom. The number of esters is 1. The molecule has 0 amide bonds. The highest BCUT2D eigenvalue weighted by Crippen LogP contribution is 2.38. The van der Waals surface area contributed by atoms with Crippen LogP contribution in [-0.2, 0) is 22.6 Å². The third-order valence-corrected chi connectivity index (χ3v) is 5.23. The minimum absolute atomic E-state index is 0.122. The fourth-order valence-electron chi connectivity index (χ4n) is 2.92. The summed E-state index contributed by atoms with van der Waals surface area (Å²) in [5, 5.41) is 0. The topological polar surface area (TPSA) is 66.5 Å². The van der Waals surface area contributed by atoms with Crippen LogP contribution in [0.2, 0.25) is 0 Å². The normalized spacial score (nSPS) is 10.6. The first-order valence-electron chi connectivity index (χ1n) is 8.86. The number of benzene rings is 2. The van der Waals surface area contributed by atoms with Gasteiger partial charge in [0.2, 0.25) is 0 Å². The van der Waals surface area contributed by atoms with Gasteiger partial charge in [-0.25, -0.2) is 0 Å². The van der Waals surface area contributed by atoms with Crippen molar-refractivity contribution in [3.05, 3.63) is 45.9 Å². The van der Waals surface area contributed by atoms with Crippen molar-refractivity contribution in [2.45, 2.75) is 13.1 Å². The van der Waals surface area contributed by atoms with Crippen LogP contribution in [0, 0.1) is 0 Å². The molecule has 7 nitrogen and oxygen atoms in total. The summed E-state index contributed by atoms with van der Waals surface area (Å²) in [6, 6.07) is 9.40. The average molecular weight is 468 g/mol. The van der Waals surface area contributed by atoms with Crippen LogP contribution in [0.4, 0.5) is 0 Å². The van der Waals surface area contributed by atoms with E-state index in [1.54, 1.807) is 34.5 Å². The molecule has 0 spiro atoms. The van der Waals surface area contributed by atoms with E-state index in [4.69, 9.17) is 23.7 Å². The summed E-state index contributed by atoms with van der Waals surface area (Å²) in [4.78, 5) is 14.0. The maximum absolute atomic E-state index is 12.0. The summed E-state index contributed by atoms with van der Waals surface area (Å²) in [6.07, 6.45) is 0. The van der Waals surface area contributed by atoms with Crippen molar-refractivity contribution in [1.82, 2.24) is 4.90 Å². The standard InChI is InChI=1S/C21H26BrNO6/c1-25-16-8-14(9-17(10-16)26-2)11-23(13-19(24)28-4)12-15-6-7-18(27-3)21(29-5)20(15)22/h6-10H,11-13H2,1-5H3. The Kier molecular flexibility index (Phi) is 8.60. The van der Waals surface area contributed by atoms with Crippen LogP contribution in [0.15, 0.2) is 34.8 Å². The molecule has 29 heavy (non-hydrogen) atoms. The van der Waals surface area contributed by atoms with Crippen molar-refractivity contribution in [2.75, 3.05) is 42.1 Å². The van der Waals surface area contributed by atoms with E-state index in [9.17, 15) is 4.79 Å². The molecule has 0 aliphatic rings. The maximum atomic E-state index is 12.0. The van der Waals surface area contributed by atoms with E-state index in [0.717, 1.165) is 15.6 Å². The zero-order valence-electron chi connectivity index (χ0n) is 17.3. The van der Waals surface area contributed by atoms with Gasteiger partial charge in [-0.1, -0.05) is 6.07 Å². The number of hydrogen-bond acceptors (Lipinski definition) is 7. The van der Waals surface area contributed by atoms with Crippen LogP contribution in [0.3, 0.4) is 0 Å². The van der Waals surface area contributed by atoms with E-state index in [0.29, 0.717) is 36.1 Å². The molecule has 0 atom stereocenters. The van der Waals surface area contributed by atoms with Crippen LogP contribution >= 0.6 is 15.9 Å². The molecule has 0 unspecified atom stereocenters. The van der Waals surface area contributed by atoms with Crippen LogP contribution < -0.4 is 18.9 Å². The summed E-state index contributed by atoms with van der Waals surface area (Å²) in [7, 11) is 7.75. The molecule has 0 saturated heterocycles. The van der Waals surface area contributed by atoms with E-state index in [1.165, 1.54) is 7.11 Å². The molecule has 0 aliphatic carbocycles. The quantitative estimate of drug-likeness (QED) is 0.493. The van der Waals surface area contributed by atoms with Crippen LogP contribution in [-0.4, -0.2) is 53.0 Å². The van der Waals surface area contributed by atoms with Crippen LogP contribution in [0.25, 0.3) is 0 Å². The molecule has 0 radical (unpaired) electrons. The second-order valence-electron chi connectivity index (χ2n) is 6.22. The fraction of sp³-hybridized carbons (Fsp3) is 0.381. The van der Waals surface area contributed by atoms with Gasteiger partial charge < -0.3 is 23.7 Å². The van der Waals surface area contributed by atoms with Gasteiger partial charge in [0.15, 0.2) is 11.5 Å². The number of carbonyl (C=O) groups excluding carboxylic acids is 1. The van der Waals surface area contributed by atoms with E-state index in [2.05, 4.69) is 15.9 Å². The van der Waals surface area contributed by atoms with Gasteiger partial charge in [-0.2, -0.15) is 0 Å². The highest BCUT2D eigenvalue weighted by Gasteiger charge is 2.18. The largest absolute Gasteiger partial charge is 0.497 e. The van der Waals surface area contributed by atoms with Crippen LogP contribution in [0.1, 0.15) is 11.1 Å². The highest BCUT2D eigenvalue weighted by atomic mass is 79.9. The Morgan fingerprint density at radius 3 is 2.07 bits per heavy atom. The second kappa shape index (κ2) is 10.9. The number of ether oxygens (including phenoxy) is 5. The predicted molar refractivity (Wildman–Crippen MR) is 113 cm³/mol. The zero-order chi connectivity index (χ0) is 21.4. The highest BCUT2D eigenvalue weighted by molar-refractivity contribution is 9.10. The number of carbonyl (C=O) groups is 1. The molecule has 158 valence electrons. The third kappa shape index (κ3) is 6.01. The lowest BCUT2D eigenvalue weighted by atomic mass is 10.1. The van der Waals surface area contributed by atoms with Crippen molar-refractivity contribution >= 4 is 21.9 Å². The molecule has 0 aliphatic heterocycles. The Bertz CT molecular complexity index is 820. The Balaban J connectivity index is 2.33. The minimum atomic E-state index is -0.323. The zero-order valence-corrected chi connectivity index (χ0v) is 18.9. The Morgan fingerprint density at radius 2 is 1.55 bits per heavy atom. The van der Waals surface area contributed by atoms with E-state index in [1.807, 2.05) is 29.2 Å². The minimum Gasteiger partial charge on any atom is -0.497 e. The predicted octanol–water partition coefficient (Wildman–Crippen LogP) is 3.66. The van der Waals surface area contributed by atoms with Gasteiger partial charge in [0.25, 0.3) is 0 Å². The molecule has 0 saturated carbocycles. The molecular formula is C21H26BrNO6. The van der Waals surface area contributed by atoms with Crippen molar-refractivity contribution in [1.29, 1.82) is 0 Å². The van der Waals surface area contributed by atoms with Gasteiger partial charge in [-0.15, -0.1) is 0 Å². The van der Waals surface area contributed by atoms with Crippen molar-refractivity contribution in [3.63, 3.8) is 0 Å². The molecular weight excluding hydrogens is 442 g/mol. The van der Waals surface area contributed by atoms with E-state index in [-0.39, 0.29) is 12.5 Å². The maximum Gasteiger partial charge on any atom is 0.319 e. The number of methoxy groups -OCH3 is 5. The van der Waals surface area contributed by atoms with Gasteiger partial charge in [0.1, 0.15) is 11.5 Å². The number of rotatable bonds is 10. The van der Waals surface area contributed by atoms with E-state index >= 15 is 0 Å². The Labute approximate surface area is 179 Å². The van der Waals surface area contributed by atoms with Crippen molar-refractivity contribution in [3.8, 4) is 23.0 Å². The molecule has 2 aromatic carbocycles. The lowest BCUT2D eigenvalue weighted by Gasteiger charge is -2.23. The van der Waals surface area contributed by atoms with Crippen molar-refractivity contribution < 1.29 is 28.5 Å². The molecule has 0 N–H and O–H groups in total. The molecule has 0 fully saturated rings. The molecule has 0 heterocycles. The molecule has 8 heteroatoms. The van der Waals surface area contributed by atoms with Gasteiger partial charge in [-0.05, 0) is 45.3 Å². The first-order chi connectivity index (χ1) is 13.9. The molecule has 0 bridgehead atoms. The smallest absolute Gasteiger partial charge is 0.319 e. The second-order valence-corrected chi connectivity index (χ2v) is 7.01. The SMILES string of the molecule is COC(=O)CN(Cc1cc(OC)cc(OC)c1)Cc1ccc(OC)c(OC)c1Br. The first-order valence-corrected chi connectivity index (χ1v) is 9.65. The molecule has 0 aromatic heterocycles. The summed E-state index contributed by atoms with van der Waals surface area (Å²) in [5.41, 5.74) is 1.89.